The van der Waals surface area contributed by atoms with Crippen molar-refractivity contribution in [2.75, 3.05) is 13.7 Å². The molecule has 0 aliphatic heterocycles. The first-order chi connectivity index (χ1) is 8.54. The lowest BCUT2D eigenvalue weighted by Gasteiger charge is -2.56. The molecule has 3 nitrogen and oxygen atoms in total. The van der Waals surface area contributed by atoms with Gasteiger partial charge in [-0.25, -0.2) is 0 Å². The highest BCUT2D eigenvalue weighted by atomic mass is 16.3. The molecule has 0 heterocycles. The van der Waals surface area contributed by atoms with Gasteiger partial charge in [-0.05, 0) is 63.2 Å². The highest BCUT2D eigenvalue weighted by Crippen LogP contribution is 2.60. The van der Waals surface area contributed by atoms with Crippen LogP contribution in [0.2, 0.25) is 0 Å². The molecule has 0 spiro atoms. The molecular weight excluding hydrogens is 226 g/mol. The van der Waals surface area contributed by atoms with Gasteiger partial charge in [0.1, 0.15) is 0 Å². The topological polar surface area (TPSA) is 40.5 Å². The number of aliphatic hydroxyl groups is 1. The molecule has 4 aliphatic carbocycles. The van der Waals surface area contributed by atoms with Gasteiger partial charge in [0.05, 0.1) is 18.1 Å². The third-order valence-electron chi connectivity index (χ3n) is 5.74. The van der Waals surface area contributed by atoms with E-state index in [1.165, 1.54) is 19.3 Å². The van der Waals surface area contributed by atoms with Crippen molar-refractivity contribution in [2.24, 2.45) is 23.2 Å². The number of rotatable bonds is 3. The number of carbonyl (C=O) groups excluding carboxylic acids is 1. The molecule has 1 N–H and O–H groups in total. The molecule has 3 heteroatoms. The Balaban J connectivity index is 1.80. The number of nitrogens with zero attached hydrogens (tertiary/aromatic N) is 1. The van der Waals surface area contributed by atoms with Crippen molar-refractivity contribution in [2.45, 2.75) is 51.5 Å². The second-order valence-electron chi connectivity index (χ2n) is 7.15. The number of hydrogen-bond donors (Lipinski definition) is 1. The maximum absolute atomic E-state index is 12.8. The first kappa shape index (κ1) is 12.5. The number of aliphatic hydroxyl groups excluding tert-OH is 1. The number of amides is 1. The Labute approximate surface area is 110 Å². The fraction of sp³-hybridized carbons (Fsp3) is 0.933. The van der Waals surface area contributed by atoms with Crippen LogP contribution in [0.3, 0.4) is 0 Å². The van der Waals surface area contributed by atoms with Gasteiger partial charge < -0.3 is 10.0 Å². The zero-order valence-electron chi connectivity index (χ0n) is 11.6. The van der Waals surface area contributed by atoms with Crippen molar-refractivity contribution >= 4 is 5.91 Å². The lowest BCUT2D eigenvalue weighted by atomic mass is 9.49. The first-order valence-electron chi connectivity index (χ1n) is 7.42. The van der Waals surface area contributed by atoms with Gasteiger partial charge >= 0.3 is 0 Å². The fourth-order valence-corrected chi connectivity index (χ4v) is 5.07. The summed E-state index contributed by atoms with van der Waals surface area (Å²) in [5.74, 6) is 2.72. The summed E-state index contributed by atoms with van der Waals surface area (Å²) in [5, 5.41) is 9.24. The Morgan fingerprint density at radius 1 is 1.22 bits per heavy atom. The molecule has 4 aliphatic rings. The van der Waals surface area contributed by atoms with Crippen LogP contribution in [-0.4, -0.2) is 35.6 Å². The van der Waals surface area contributed by atoms with Crippen LogP contribution in [0.15, 0.2) is 0 Å². The van der Waals surface area contributed by atoms with E-state index in [-0.39, 0.29) is 18.1 Å². The molecule has 4 fully saturated rings. The summed E-state index contributed by atoms with van der Waals surface area (Å²) in [6.07, 6.45) is 7.43. The SMILES string of the molecule is CC(CO)N(C)C(=O)C12CC3CC(CC(C3)C1)C2. The Bertz CT molecular complexity index is 317. The fourth-order valence-electron chi connectivity index (χ4n) is 5.07. The van der Waals surface area contributed by atoms with Crippen molar-refractivity contribution < 1.29 is 9.90 Å². The minimum absolute atomic E-state index is 0.0505. The van der Waals surface area contributed by atoms with E-state index in [2.05, 4.69) is 0 Å². The molecular formula is C15H25NO2. The van der Waals surface area contributed by atoms with Gasteiger partial charge in [0, 0.05) is 7.05 Å². The maximum atomic E-state index is 12.8. The Hall–Kier alpha value is -0.570. The molecule has 4 rings (SSSR count). The standard InChI is InChI=1S/C15H25NO2/c1-10(9-17)16(2)14(18)15-6-11-3-12(7-15)5-13(4-11)8-15/h10-13,17H,3-9H2,1-2H3. The molecule has 4 bridgehead atoms. The van der Waals surface area contributed by atoms with Crippen molar-refractivity contribution in [1.82, 2.24) is 4.90 Å². The summed E-state index contributed by atoms with van der Waals surface area (Å²) in [7, 11) is 1.86. The van der Waals surface area contributed by atoms with E-state index in [1.807, 2.05) is 14.0 Å². The van der Waals surface area contributed by atoms with E-state index in [4.69, 9.17) is 0 Å². The molecule has 0 saturated heterocycles. The molecule has 18 heavy (non-hydrogen) atoms. The van der Waals surface area contributed by atoms with Gasteiger partial charge in [-0.15, -0.1) is 0 Å². The smallest absolute Gasteiger partial charge is 0.228 e. The third-order valence-corrected chi connectivity index (χ3v) is 5.74. The Kier molecular flexibility index (Phi) is 2.92. The van der Waals surface area contributed by atoms with Crippen molar-refractivity contribution in [3.05, 3.63) is 0 Å². The predicted molar refractivity (Wildman–Crippen MR) is 69.9 cm³/mol. The highest BCUT2D eigenvalue weighted by molar-refractivity contribution is 5.83. The van der Waals surface area contributed by atoms with Gasteiger partial charge in [0.15, 0.2) is 0 Å². The van der Waals surface area contributed by atoms with Gasteiger partial charge in [0.25, 0.3) is 0 Å². The zero-order valence-corrected chi connectivity index (χ0v) is 11.6. The summed E-state index contributed by atoms with van der Waals surface area (Å²) < 4.78 is 0. The van der Waals surface area contributed by atoms with Gasteiger partial charge in [-0.3, -0.25) is 4.79 Å². The van der Waals surface area contributed by atoms with Gasteiger partial charge in [-0.1, -0.05) is 0 Å². The summed E-state index contributed by atoms with van der Waals surface area (Å²) in [6.45, 7) is 1.99. The van der Waals surface area contributed by atoms with Crippen LogP contribution in [-0.2, 0) is 4.79 Å². The molecule has 1 atom stereocenters. The van der Waals surface area contributed by atoms with E-state index in [0.717, 1.165) is 37.0 Å². The largest absolute Gasteiger partial charge is 0.394 e. The molecule has 0 aromatic rings. The van der Waals surface area contributed by atoms with Crippen LogP contribution in [0.5, 0.6) is 0 Å². The van der Waals surface area contributed by atoms with E-state index in [0.29, 0.717) is 5.91 Å². The maximum Gasteiger partial charge on any atom is 0.228 e. The molecule has 4 saturated carbocycles. The minimum atomic E-state index is -0.0626. The second-order valence-corrected chi connectivity index (χ2v) is 7.15. The van der Waals surface area contributed by atoms with E-state index >= 15 is 0 Å². The lowest BCUT2D eigenvalue weighted by molar-refractivity contribution is -0.158. The number of likely N-dealkylation sites (N-methyl/N-ethyl adjacent to an activating group) is 1. The quantitative estimate of drug-likeness (QED) is 0.834. The van der Waals surface area contributed by atoms with Gasteiger partial charge in [-0.2, -0.15) is 0 Å². The molecule has 102 valence electrons. The van der Waals surface area contributed by atoms with E-state index in [1.54, 1.807) is 4.90 Å². The highest BCUT2D eigenvalue weighted by Gasteiger charge is 2.55. The van der Waals surface area contributed by atoms with E-state index in [9.17, 15) is 9.90 Å². The lowest BCUT2D eigenvalue weighted by Crippen LogP contribution is -2.55. The average Bonchev–Trinajstić information content (AvgIpc) is 2.34. The van der Waals surface area contributed by atoms with Crippen molar-refractivity contribution in [3.8, 4) is 0 Å². The zero-order chi connectivity index (χ0) is 12.9. The minimum Gasteiger partial charge on any atom is -0.394 e. The summed E-state index contributed by atoms with van der Waals surface area (Å²) >= 11 is 0. The number of hydrogen-bond acceptors (Lipinski definition) is 2. The Morgan fingerprint density at radius 2 is 1.67 bits per heavy atom. The normalized spacial score (nSPS) is 42.9. The molecule has 1 unspecified atom stereocenters. The average molecular weight is 251 g/mol. The first-order valence-corrected chi connectivity index (χ1v) is 7.42. The predicted octanol–water partition coefficient (Wildman–Crippen LogP) is 2.04. The van der Waals surface area contributed by atoms with Crippen LogP contribution < -0.4 is 0 Å². The van der Waals surface area contributed by atoms with Crippen LogP contribution >= 0.6 is 0 Å². The van der Waals surface area contributed by atoms with Crippen molar-refractivity contribution in [3.63, 3.8) is 0 Å². The summed E-state index contributed by atoms with van der Waals surface area (Å²) in [6, 6.07) is -0.0505. The van der Waals surface area contributed by atoms with Crippen LogP contribution in [0.1, 0.15) is 45.4 Å². The molecule has 0 aromatic carbocycles. The number of carbonyl (C=O) groups is 1. The summed E-state index contributed by atoms with van der Waals surface area (Å²) in [5.41, 5.74) is -0.0626. The van der Waals surface area contributed by atoms with Gasteiger partial charge in [0.2, 0.25) is 5.91 Å². The Morgan fingerprint density at radius 3 is 2.06 bits per heavy atom. The van der Waals surface area contributed by atoms with Crippen molar-refractivity contribution in [1.29, 1.82) is 0 Å². The summed E-state index contributed by atoms with van der Waals surface area (Å²) in [4.78, 5) is 14.6. The molecule has 0 radical (unpaired) electrons. The third kappa shape index (κ3) is 1.78. The van der Waals surface area contributed by atoms with E-state index < -0.39 is 0 Å². The van der Waals surface area contributed by atoms with Crippen LogP contribution in [0.4, 0.5) is 0 Å². The molecule has 1 amide bonds. The monoisotopic (exact) mass is 251 g/mol. The van der Waals surface area contributed by atoms with Crippen LogP contribution in [0.25, 0.3) is 0 Å². The molecule has 0 aromatic heterocycles. The van der Waals surface area contributed by atoms with Crippen LogP contribution in [0, 0.1) is 23.2 Å². The second kappa shape index (κ2) is 4.22.